The molecule has 0 bridgehead atoms. The summed E-state index contributed by atoms with van der Waals surface area (Å²) in [6.07, 6.45) is 7.82. The van der Waals surface area contributed by atoms with E-state index in [1.807, 2.05) is 54.6 Å². The first-order chi connectivity index (χ1) is 28.5. The van der Waals surface area contributed by atoms with Crippen LogP contribution in [0.15, 0.2) is 66.9 Å². The van der Waals surface area contributed by atoms with Crippen LogP contribution in [0.2, 0.25) is 5.02 Å². The van der Waals surface area contributed by atoms with Gasteiger partial charge in [-0.2, -0.15) is 4.98 Å². The minimum absolute atomic E-state index is 0.149. The molecule has 4 heterocycles. The van der Waals surface area contributed by atoms with E-state index in [0.717, 1.165) is 80.0 Å². The zero-order valence-corrected chi connectivity index (χ0v) is 35.6. The number of aromatic nitrogens is 2. The van der Waals surface area contributed by atoms with E-state index >= 15 is 0 Å². The van der Waals surface area contributed by atoms with Crippen LogP contribution in [0.3, 0.4) is 0 Å². The van der Waals surface area contributed by atoms with Crippen molar-refractivity contribution in [2.45, 2.75) is 57.5 Å². The van der Waals surface area contributed by atoms with Gasteiger partial charge in [0.25, 0.3) is 5.91 Å². The Bertz CT molecular complexity index is 2230. The fourth-order valence-electron chi connectivity index (χ4n) is 7.99. The maximum absolute atomic E-state index is 13.1. The first-order valence-electron chi connectivity index (χ1n) is 20.4. The van der Waals surface area contributed by atoms with Crippen molar-refractivity contribution < 1.29 is 23.7 Å². The number of ether oxygens (including phenoxy) is 1. The average Bonchev–Trinajstić information content (AvgIpc) is 3.56. The summed E-state index contributed by atoms with van der Waals surface area (Å²) in [6.45, 7) is 9.61. The van der Waals surface area contributed by atoms with Crippen LogP contribution in [0.25, 0.3) is 0 Å². The molecule has 4 N–H and O–H groups in total. The van der Waals surface area contributed by atoms with Gasteiger partial charge >= 0.3 is 0 Å². The molecule has 0 spiro atoms. The molecule has 16 heteroatoms. The molecule has 2 fully saturated rings. The Kier molecular flexibility index (Phi) is 13.4. The first-order valence-corrected chi connectivity index (χ1v) is 23.3. The number of methoxy groups -OCH3 is 1. The Balaban J connectivity index is 0.815. The van der Waals surface area contributed by atoms with Crippen LogP contribution in [-0.2, 0) is 20.7 Å². The van der Waals surface area contributed by atoms with E-state index < -0.39 is 13.2 Å². The molecule has 0 radical (unpaired) electrons. The largest absolute Gasteiger partial charge is 0.494 e. The van der Waals surface area contributed by atoms with Crippen LogP contribution in [0.4, 0.5) is 34.5 Å². The summed E-state index contributed by atoms with van der Waals surface area (Å²) >= 11 is 6.47. The molecular weight excluding hydrogens is 789 g/mol. The lowest BCUT2D eigenvalue weighted by Crippen LogP contribution is -2.52. The molecule has 3 amide bonds. The molecule has 14 nitrogen and oxygen atoms in total. The molecule has 2 saturated heterocycles. The monoisotopic (exact) mass is 841 g/mol. The van der Waals surface area contributed by atoms with Crippen molar-refractivity contribution in [1.29, 1.82) is 0 Å². The number of para-hydroxylation sites is 1. The first kappa shape index (κ1) is 42.0. The molecule has 0 aliphatic carbocycles. The smallest absolute Gasteiger partial charge is 0.255 e. The third-order valence-electron chi connectivity index (χ3n) is 11.2. The number of piperazine rings is 1. The van der Waals surface area contributed by atoms with Crippen molar-refractivity contribution in [3.63, 3.8) is 0 Å². The van der Waals surface area contributed by atoms with Gasteiger partial charge in [-0.05, 0) is 75.5 Å². The highest BCUT2D eigenvalue weighted by molar-refractivity contribution is 7.70. The number of hydrogen-bond donors (Lipinski definition) is 4. The number of unbranched alkanes of at least 4 members (excludes halogenated alkanes) is 4. The summed E-state index contributed by atoms with van der Waals surface area (Å²) in [6, 6.07) is 18.6. The van der Waals surface area contributed by atoms with Gasteiger partial charge in [0.15, 0.2) is 5.82 Å². The zero-order valence-electron chi connectivity index (χ0n) is 33.9. The quantitative estimate of drug-likeness (QED) is 0.0500. The number of nitrogens with zero attached hydrogens (tertiary/aromatic N) is 5. The van der Waals surface area contributed by atoms with E-state index in [1.54, 1.807) is 25.3 Å². The average molecular weight is 842 g/mol. The summed E-state index contributed by atoms with van der Waals surface area (Å²) in [5, 5.41) is 13.5. The Morgan fingerprint density at radius 2 is 1.66 bits per heavy atom. The maximum Gasteiger partial charge on any atom is 0.255 e. The number of benzene rings is 3. The zero-order chi connectivity index (χ0) is 41.5. The highest BCUT2D eigenvalue weighted by Gasteiger charge is 2.39. The number of rotatable bonds is 17. The fraction of sp³-hybridized carbons (Fsp3) is 0.419. The maximum atomic E-state index is 13.1. The summed E-state index contributed by atoms with van der Waals surface area (Å²) in [5.41, 5.74) is 5.01. The number of imide groups is 1. The van der Waals surface area contributed by atoms with E-state index in [0.29, 0.717) is 46.8 Å². The number of halogens is 1. The number of piperidine rings is 1. The number of fused-ring (bicyclic) bond motifs is 1. The van der Waals surface area contributed by atoms with Gasteiger partial charge in [-0.3, -0.25) is 24.6 Å². The van der Waals surface area contributed by atoms with Gasteiger partial charge in [0.1, 0.15) is 24.0 Å². The molecule has 4 aromatic rings. The molecule has 1 unspecified atom stereocenters. The normalized spacial score (nSPS) is 17.2. The predicted octanol–water partition coefficient (Wildman–Crippen LogP) is 6.82. The number of hydrogen-bond acceptors (Lipinski definition) is 12. The number of anilines is 6. The van der Waals surface area contributed by atoms with Gasteiger partial charge in [-0.25, -0.2) is 4.98 Å². The van der Waals surface area contributed by atoms with Crippen LogP contribution in [0, 0.1) is 0 Å². The Hall–Kier alpha value is -5.17. The Morgan fingerprint density at radius 3 is 2.44 bits per heavy atom. The van der Waals surface area contributed by atoms with E-state index in [4.69, 9.17) is 16.3 Å². The molecule has 59 heavy (non-hydrogen) atoms. The lowest BCUT2D eigenvalue weighted by Gasteiger charge is -2.36. The van der Waals surface area contributed by atoms with Gasteiger partial charge in [-0.1, -0.05) is 49.1 Å². The van der Waals surface area contributed by atoms with Crippen LogP contribution >= 0.6 is 18.7 Å². The molecule has 1 aromatic heterocycles. The highest BCUT2D eigenvalue weighted by Crippen LogP contribution is 2.39. The third-order valence-corrected chi connectivity index (χ3v) is 13.0. The summed E-state index contributed by atoms with van der Waals surface area (Å²) in [4.78, 5) is 52.7. The van der Waals surface area contributed by atoms with E-state index in [-0.39, 0.29) is 24.1 Å². The van der Waals surface area contributed by atoms with E-state index in [2.05, 4.69) is 47.1 Å². The molecule has 0 saturated carbocycles. The van der Waals surface area contributed by atoms with Gasteiger partial charge in [0.2, 0.25) is 17.8 Å². The molecule has 1 atom stereocenters. The van der Waals surface area contributed by atoms with Crippen molar-refractivity contribution in [1.82, 2.24) is 25.1 Å². The second-order valence-corrected chi connectivity index (χ2v) is 19.2. The van der Waals surface area contributed by atoms with Gasteiger partial charge in [0.05, 0.1) is 24.7 Å². The molecule has 7 rings (SSSR count). The topological polar surface area (TPSA) is 161 Å². The Morgan fingerprint density at radius 1 is 0.898 bits per heavy atom. The van der Waals surface area contributed by atoms with Crippen LogP contribution in [-0.4, -0.2) is 103 Å². The molecule has 3 aliphatic heterocycles. The number of carbonyl (C=O) groups is 3. The lowest BCUT2D eigenvalue weighted by atomic mass is 10.0. The molecule has 3 aliphatic rings. The van der Waals surface area contributed by atoms with Crippen LogP contribution in [0.5, 0.6) is 5.75 Å². The van der Waals surface area contributed by atoms with Crippen molar-refractivity contribution in [3.05, 3.63) is 83.0 Å². The van der Waals surface area contributed by atoms with Gasteiger partial charge in [-0.15, -0.1) is 0 Å². The Labute approximate surface area is 350 Å². The fourth-order valence-corrected chi connectivity index (χ4v) is 9.28. The third kappa shape index (κ3) is 10.2. The van der Waals surface area contributed by atoms with Gasteiger partial charge in [0, 0.05) is 79.6 Å². The lowest BCUT2D eigenvalue weighted by molar-refractivity contribution is -0.136. The molecule has 3 aromatic carbocycles. The number of amides is 3. The second-order valence-electron chi connectivity index (χ2n) is 15.6. The minimum atomic E-state index is -2.54. The summed E-state index contributed by atoms with van der Waals surface area (Å²) < 4.78 is 18.7. The SMILES string of the molecule is COc1cc(N2CCN(CCCCCCCNc3cccc4c3CN(C3CCC(=O)NC3=O)C4=O)CC2)ccc1Nc1ncc(Cl)c(Nc2ccccc2P(C)(C)=O)n1. The van der Waals surface area contributed by atoms with Crippen LogP contribution < -0.4 is 36.2 Å². The minimum Gasteiger partial charge on any atom is -0.494 e. The van der Waals surface area contributed by atoms with Gasteiger partial charge < -0.3 is 35.1 Å². The predicted molar refractivity (Wildman–Crippen MR) is 235 cm³/mol. The van der Waals surface area contributed by atoms with Crippen molar-refractivity contribution in [2.75, 3.05) is 80.6 Å². The second kappa shape index (κ2) is 18.8. The van der Waals surface area contributed by atoms with Crippen molar-refractivity contribution in [2.24, 2.45) is 0 Å². The highest BCUT2D eigenvalue weighted by atomic mass is 35.5. The van der Waals surface area contributed by atoms with E-state index in [9.17, 15) is 18.9 Å². The van der Waals surface area contributed by atoms with Crippen molar-refractivity contribution in [3.8, 4) is 5.75 Å². The number of carbonyl (C=O) groups excluding carboxylic acids is 3. The summed E-state index contributed by atoms with van der Waals surface area (Å²) in [5.74, 6) is 0.605. The van der Waals surface area contributed by atoms with E-state index in [1.165, 1.54) is 25.5 Å². The molecular formula is C43H53ClN9O5P. The number of nitrogens with one attached hydrogen (secondary N) is 4. The summed E-state index contributed by atoms with van der Waals surface area (Å²) in [7, 11) is -0.892. The van der Waals surface area contributed by atoms with Crippen LogP contribution in [0.1, 0.15) is 60.9 Å². The molecule has 312 valence electrons. The van der Waals surface area contributed by atoms with Crippen molar-refractivity contribution >= 4 is 76.3 Å². The standard InChI is InChI=1S/C43H53ClN9O5P/c1-58-37-26-29(16-17-34(37)48-43-46-27-32(44)40(50-43)47-35-13-7-8-15-38(35)59(2,3)57)52-24-22-51(23-25-52)21-10-6-4-5-9-20-45-33-14-11-12-30-31(33)28-53(42(30)56)36-18-19-39(54)49-41(36)55/h7-8,11-17,26-27,36,45H,4-6,9-10,18-25,28H2,1-3H3,(H,49,54,55)(H2,46,47,48,50).